The van der Waals surface area contributed by atoms with Gasteiger partial charge < -0.3 is 9.64 Å². The molecule has 2 atom stereocenters. The summed E-state index contributed by atoms with van der Waals surface area (Å²) in [5.41, 5.74) is 3.29. The summed E-state index contributed by atoms with van der Waals surface area (Å²) in [6.07, 6.45) is 2.90. The number of aryl methyl sites for hydroxylation is 1. The second kappa shape index (κ2) is 6.30. The molecule has 4 rings (SSSR count). The third kappa shape index (κ3) is 2.90. The topological polar surface area (TPSA) is 58.2 Å². The first-order chi connectivity index (χ1) is 11.7. The van der Waals surface area contributed by atoms with Crippen LogP contribution in [0.4, 0.5) is 0 Å². The van der Waals surface area contributed by atoms with Crippen LogP contribution in [0.3, 0.4) is 0 Å². The Morgan fingerprint density at radius 2 is 2.25 bits per heavy atom. The van der Waals surface area contributed by atoms with Crippen molar-refractivity contribution in [3.63, 3.8) is 0 Å². The smallest absolute Gasteiger partial charge is 0.229 e. The molecule has 2 aliphatic rings. The van der Waals surface area contributed by atoms with Crippen LogP contribution >= 0.6 is 0 Å². The summed E-state index contributed by atoms with van der Waals surface area (Å²) in [5, 5.41) is 7.40. The van der Waals surface area contributed by atoms with Gasteiger partial charge in [-0.2, -0.15) is 5.10 Å². The monoisotopic (exact) mass is 325 g/mol. The van der Waals surface area contributed by atoms with Crippen LogP contribution in [-0.2, 0) is 11.2 Å². The summed E-state index contributed by atoms with van der Waals surface area (Å²) in [6, 6.07) is 10.1. The zero-order valence-corrected chi connectivity index (χ0v) is 14.0. The van der Waals surface area contributed by atoms with Gasteiger partial charge in [-0.15, -0.1) is 0 Å². The quantitative estimate of drug-likeness (QED) is 0.923. The van der Waals surface area contributed by atoms with Gasteiger partial charge in [0.15, 0.2) is 0 Å². The van der Waals surface area contributed by atoms with Gasteiger partial charge in [0, 0.05) is 24.7 Å². The number of aromatic nitrogens is 2. The van der Waals surface area contributed by atoms with Crippen LogP contribution in [0.25, 0.3) is 0 Å². The van der Waals surface area contributed by atoms with Gasteiger partial charge in [-0.05, 0) is 43.9 Å². The zero-order chi connectivity index (χ0) is 16.5. The second-order valence-electron chi connectivity index (χ2n) is 6.92. The highest BCUT2D eigenvalue weighted by Gasteiger charge is 2.33. The van der Waals surface area contributed by atoms with Crippen molar-refractivity contribution in [2.45, 2.75) is 32.1 Å². The van der Waals surface area contributed by atoms with E-state index in [4.69, 9.17) is 4.74 Å². The number of carbonyl (C=O) groups is 1. The van der Waals surface area contributed by atoms with Gasteiger partial charge in [0.25, 0.3) is 0 Å². The lowest BCUT2D eigenvalue weighted by Gasteiger charge is -2.35. The number of H-pyrrole nitrogens is 1. The third-order valence-electron chi connectivity index (χ3n) is 5.11. The van der Waals surface area contributed by atoms with E-state index in [1.807, 2.05) is 30.0 Å². The number of ether oxygens (including phenoxy) is 1. The van der Waals surface area contributed by atoms with Crippen molar-refractivity contribution < 1.29 is 9.53 Å². The van der Waals surface area contributed by atoms with Crippen molar-refractivity contribution in [3.05, 3.63) is 47.3 Å². The number of likely N-dealkylation sites (tertiary alicyclic amines) is 1. The highest BCUT2D eigenvalue weighted by atomic mass is 16.5. The van der Waals surface area contributed by atoms with E-state index >= 15 is 0 Å². The number of fused-ring (bicyclic) bond motifs is 1. The molecule has 0 unspecified atom stereocenters. The first-order valence-corrected chi connectivity index (χ1v) is 8.72. The average Bonchev–Trinajstić information content (AvgIpc) is 3.07. The number of hydrogen-bond donors (Lipinski definition) is 1. The van der Waals surface area contributed by atoms with Crippen LogP contribution in [0, 0.1) is 12.8 Å². The Morgan fingerprint density at radius 1 is 1.38 bits per heavy atom. The molecule has 1 N–H and O–H groups in total. The maximum absolute atomic E-state index is 13.0. The Morgan fingerprint density at radius 3 is 3.08 bits per heavy atom. The van der Waals surface area contributed by atoms with Crippen LogP contribution in [0.1, 0.15) is 35.7 Å². The first kappa shape index (κ1) is 15.2. The molecule has 1 fully saturated rings. The van der Waals surface area contributed by atoms with Crippen LogP contribution in [0.15, 0.2) is 30.3 Å². The Balaban J connectivity index is 1.45. The molecule has 24 heavy (non-hydrogen) atoms. The molecule has 5 nitrogen and oxygen atoms in total. The standard InChI is InChI=1S/C19H23N3O2/c1-13-9-17(21-20-13)15-6-4-8-22(11-15)19(23)16-10-14-5-2-3-7-18(14)24-12-16/h2-3,5,7,9,15-16H,4,6,8,10-12H2,1H3,(H,20,21)/t15-,16-/m0/s1. The lowest BCUT2D eigenvalue weighted by Crippen LogP contribution is -2.45. The van der Waals surface area contributed by atoms with Gasteiger partial charge in [0.05, 0.1) is 11.6 Å². The van der Waals surface area contributed by atoms with Crippen molar-refractivity contribution in [2.75, 3.05) is 19.7 Å². The van der Waals surface area contributed by atoms with Gasteiger partial charge in [-0.1, -0.05) is 18.2 Å². The largest absolute Gasteiger partial charge is 0.492 e. The molecular weight excluding hydrogens is 302 g/mol. The number of carbonyl (C=O) groups excluding carboxylic acids is 1. The SMILES string of the molecule is Cc1cc([C@H]2CCCN(C(=O)[C@@H]3COc4ccccc4C3)C2)n[nH]1. The number of hydrogen-bond acceptors (Lipinski definition) is 3. The Hall–Kier alpha value is -2.30. The fourth-order valence-corrected chi connectivity index (χ4v) is 3.81. The number of amides is 1. The number of nitrogens with one attached hydrogen (secondary N) is 1. The minimum atomic E-state index is -0.0698. The number of benzene rings is 1. The molecule has 1 amide bonds. The fraction of sp³-hybridized carbons (Fsp3) is 0.474. The highest BCUT2D eigenvalue weighted by Crippen LogP contribution is 2.30. The molecule has 1 aromatic carbocycles. The summed E-state index contributed by atoms with van der Waals surface area (Å²) in [6.45, 7) is 4.11. The van der Waals surface area contributed by atoms with Crippen LogP contribution in [0.5, 0.6) is 5.75 Å². The van der Waals surface area contributed by atoms with E-state index in [0.29, 0.717) is 12.5 Å². The van der Waals surface area contributed by atoms with E-state index in [0.717, 1.165) is 55.1 Å². The lowest BCUT2D eigenvalue weighted by molar-refractivity contribution is -0.138. The first-order valence-electron chi connectivity index (χ1n) is 8.72. The van der Waals surface area contributed by atoms with Crippen molar-refractivity contribution in [1.29, 1.82) is 0 Å². The molecule has 0 bridgehead atoms. The molecule has 2 aliphatic heterocycles. The van der Waals surface area contributed by atoms with Crippen LogP contribution < -0.4 is 4.74 Å². The van der Waals surface area contributed by atoms with Gasteiger partial charge in [0.1, 0.15) is 12.4 Å². The van der Waals surface area contributed by atoms with Gasteiger partial charge in [-0.3, -0.25) is 9.89 Å². The maximum Gasteiger partial charge on any atom is 0.229 e. The van der Waals surface area contributed by atoms with Gasteiger partial charge in [-0.25, -0.2) is 0 Å². The van der Waals surface area contributed by atoms with Crippen molar-refractivity contribution in [1.82, 2.24) is 15.1 Å². The number of rotatable bonds is 2. The van der Waals surface area contributed by atoms with Gasteiger partial charge in [0.2, 0.25) is 5.91 Å². The number of para-hydroxylation sites is 1. The Bertz CT molecular complexity index is 740. The average molecular weight is 325 g/mol. The molecule has 1 aromatic heterocycles. The molecule has 5 heteroatoms. The number of aromatic amines is 1. The molecule has 3 heterocycles. The van der Waals surface area contributed by atoms with E-state index in [9.17, 15) is 4.79 Å². The molecule has 126 valence electrons. The maximum atomic E-state index is 13.0. The molecule has 0 radical (unpaired) electrons. The lowest BCUT2D eigenvalue weighted by atomic mass is 9.91. The zero-order valence-electron chi connectivity index (χ0n) is 14.0. The summed E-state index contributed by atoms with van der Waals surface area (Å²) < 4.78 is 5.80. The predicted octanol–water partition coefficient (Wildman–Crippen LogP) is 2.68. The predicted molar refractivity (Wildman–Crippen MR) is 91.0 cm³/mol. The van der Waals surface area contributed by atoms with E-state index in [-0.39, 0.29) is 11.8 Å². The summed E-state index contributed by atoms with van der Waals surface area (Å²) >= 11 is 0. The minimum Gasteiger partial charge on any atom is -0.492 e. The molecule has 0 saturated carbocycles. The molecule has 0 spiro atoms. The second-order valence-corrected chi connectivity index (χ2v) is 6.92. The third-order valence-corrected chi connectivity index (χ3v) is 5.11. The minimum absolute atomic E-state index is 0.0698. The number of nitrogens with zero attached hydrogens (tertiary/aromatic N) is 2. The van der Waals surface area contributed by atoms with Crippen LogP contribution in [0.2, 0.25) is 0 Å². The molecule has 2 aromatic rings. The Labute approximate surface area is 142 Å². The van der Waals surface area contributed by atoms with E-state index < -0.39 is 0 Å². The molecule has 1 saturated heterocycles. The summed E-state index contributed by atoms with van der Waals surface area (Å²) in [4.78, 5) is 15.0. The molecular formula is C19H23N3O2. The highest BCUT2D eigenvalue weighted by molar-refractivity contribution is 5.80. The Kier molecular flexibility index (Phi) is 4.00. The van der Waals surface area contributed by atoms with E-state index in [1.165, 1.54) is 0 Å². The number of piperidine rings is 1. The van der Waals surface area contributed by atoms with Crippen molar-refractivity contribution in [3.8, 4) is 5.75 Å². The van der Waals surface area contributed by atoms with Gasteiger partial charge >= 0.3 is 0 Å². The normalized spacial score (nSPS) is 23.5. The fourth-order valence-electron chi connectivity index (χ4n) is 3.81. The van der Waals surface area contributed by atoms with Crippen molar-refractivity contribution in [2.24, 2.45) is 5.92 Å². The van der Waals surface area contributed by atoms with E-state index in [2.05, 4.69) is 22.3 Å². The summed E-state index contributed by atoms with van der Waals surface area (Å²) in [7, 11) is 0. The summed E-state index contributed by atoms with van der Waals surface area (Å²) in [5.74, 6) is 1.41. The van der Waals surface area contributed by atoms with Crippen molar-refractivity contribution >= 4 is 5.91 Å². The van der Waals surface area contributed by atoms with E-state index in [1.54, 1.807) is 0 Å². The molecule has 0 aliphatic carbocycles. The van der Waals surface area contributed by atoms with Crippen LogP contribution in [-0.4, -0.2) is 40.7 Å².